The molecule has 5 nitrogen and oxygen atoms in total. The van der Waals surface area contributed by atoms with Crippen molar-refractivity contribution in [3.8, 4) is 0 Å². The third kappa shape index (κ3) is 2.31. The van der Waals surface area contributed by atoms with Crippen LogP contribution in [0.1, 0.15) is 40.2 Å². The zero-order chi connectivity index (χ0) is 16.7. The van der Waals surface area contributed by atoms with Crippen LogP contribution in [0.25, 0.3) is 0 Å². The van der Waals surface area contributed by atoms with Crippen LogP contribution in [0.4, 0.5) is 8.78 Å². The summed E-state index contributed by atoms with van der Waals surface area (Å²) in [5.41, 5.74) is 0.185. The van der Waals surface area contributed by atoms with Crippen molar-refractivity contribution < 1.29 is 22.8 Å². The Kier molecular flexibility index (Phi) is 3.60. The first kappa shape index (κ1) is 15.3. The van der Waals surface area contributed by atoms with Crippen LogP contribution in [0.5, 0.6) is 0 Å². The zero-order valence-corrected chi connectivity index (χ0v) is 12.9. The smallest absolute Gasteiger partial charge is 0.291 e. The third-order valence-electron chi connectivity index (χ3n) is 4.66. The van der Waals surface area contributed by atoms with Gasteiger partial charge in [-0.2, -0.15) is 0 Å². The van der Waals surface area contributed by atoms with Gasteiger partial charge in [-0.3, -0.25) is 4.79 Å². The van der Waals surface area contributed by atoms with Gasteiger partial charge in [-0.1, -0.05) is 11.2 Å². The van der Waals surface area contributed by atoms with E-state index in [0.29, 0.717) is 0 Å². The molecule has 1 N–H and O–H groups in total. The van der Waals surface area contributed by atoms with Crippen LogP contribution in [0.2, 0.25) is 0 Å². The number of nitrogens with zero attached hydrogens (tertiary/aromatic N) is 1. The van der Waals surface area contributed by atoms with Gasteiger partial charge in [-0.25, -0.2) is 8.78 Å². The molecule has 0 unspecified atom stereocenters. The van der Waals surface area contributed by atoms with E-state index in [0.717, 1.165) is 36.9 Å². The molecule has 0 radical (unpaired) electrons. The largest absolute Gasteiger partial charge is 0.376 e. The van der Waals surface area contributed by atoms with Crippen molar-refractivity contribution in [2.45, 2.75) is 31.2 Å². The summed E-state index contributed by atoms with van der Waals surface area (Å²) in [7, 11) is 0. The maximum Gasteiger partial charge on any atom is 0.291 e. The molecular formula is C17H16F2N2O3. The molecule has 1 aliphatic heterocycles. The van der Waals surface area contributed by atoms with Gasteiger partial charge in [-0.15, -0.1) is 0 Å². The molecule has 4 rings (SSSR count). The maximum absolute atomic E-state index is 14.2. The average molecular weight is 334 g/mol. The number of amides is 1. The number of benzene rings is 1. The van der Waals surface area contributed by atoms with E-state index in [4.69, 9.17) is 9.26 Å². The summed E-state index contributed by atoms with van der Waals surface area (Å²) in [6, 6.07) is 3.62. The van der Waals surface area contributed by atoms with Crippen LogP contribution in [-0.4, -0.2) is 24.3 Å². The van der Waals surface area contributed by atoms with Crippen molar-refractivity contribution in [2.75, 3.05) is 13.2 Å². The molecule has 0 bridgehead atoms. The predicted octanol–water partition coefficient (Wildman–Crippen LogP) is 2.49. The van der Waals surface area contributed by atoms with Crippen molar-refractivity contribution in [3.05, 3.63) is 52.4 Å². The van der Waals surface area contributed by atoms with Gasteiger partial charge in [-0.05, 0) is 37.8 Å². The molecule has 2 heterocycles. The van der Waals surface area contributed by atoms with Crippen molar-refractivity contribution in [2.24, 2.45) is 0 Å². The highest BCUT2D eigenvalue weighted by molar-refractivity contribution is 5.93. The van der Waals surface area contributed by atoms with Gasteiger partial charge in [0.1, 0.15) is 17.2 Å². The Balaban J connectivity index is 1.66. The Morgan fingerprint density at radius 2 is 1.88 bits per heavy atom. The molecule has 7 heteroatoms. The summed E-state index contributed by atoms with van der Waals surface area (Å²) in [4.78, 5) is 12.6. The number of halogens is 2. The molecule has 0 saturated carbocycles. The molecule has 0 spiro atoms. The minimum atomic E-state index is -1.22. The average Bonchev–Trinajstić information content (AvgIpc) is 2.96. The highest BCUT2D eigenvalue weighted by Crippen LogP contribution is 2.34. The molecule has 1 saturated heterocycles. The lowest BCUT2D eigenvalue weighted by Gasteiger charge is -2.42. The topological polar surface area (TPSA) is 64.4 Å². The predicted molar refractivity (Wildman–Crippen MR) is 79.5 cm³/mol. The number of nitrogens with one attached hydrogen (secondary N) is 1. The monoisotopic (exact) mass is 334 g/mol. The van der Waals surface area contributed by atoms with E-state index in [-0.39, 0.29) is 24.5 Å². The van der Waals surface area contributed by atoms with Crippen LogP contribution in [-0.2, 0) is 23.1 Å². The van der Waals surface area contributed by atoms with E-state index >= 15 is 0 Å². The van der Waals surface area contributed by atoms with E-state index in [9.17, 15) is 13.6 Å². The summed E-state index contributed by atoms with van der Waals surface area (Å²) in [6.07, 6.45) is 3.48. The maximum atomic E-state index is 14.2. The van der Waals surface area contributed by atoms with Crippen molar-refractivity contribution >= 4 is 5.91 Å². The lowest BCUT2D eigenvalue weighted by Crippen LogP contribution is -2.60. The first-order valence-corrected chi connectivity index (χ1v) is 7.93. The zero-order valence-electron chi connectivity index (χ0n) is 12.9. The summed E-state index contributed by atoms with van der Waals surface area (Å²) >= 11 is 0. The SMILES string of the molecule is O=C(NC1(c2c(F)cccc2F)COC1)c1onc2c1CCCC2. The first-order chi connectivity index (χ1) is 11.6. The third-order valence-corrected chi connectivity index (χ3v) is 4.66. The second-order valence-corrected chi connectivity index (χ2v) is 6.27. The Morgan fingerprint density at radius 3 is 2.54 bits per heavy atom. The lowest BCUT2D eigenvalue weighted by atomic mass is 9.86. The Bertz CT molecular complexity index is 779. The van der Waals surface area contributed by atoms with Crippen molar-refractivity contribution in [1.29, 1.82) is 0 Å². The van der Waals surface area contributed by atoms with Gasteiger partial charge in [0.25, 0.3) is 5.91 Å². The number of carbonyl (C=O) groups excluding carboxylic acids is 1. The Hall–Kier alpha value is -2.28. The van der Waals surface area contributed by atoms with Crippen LogP contribution in [0, 0.1) is 11.6 Å². The van der Waals surface area contributed by atoms with E-state index in [2.05, 4.69) is 10.5 Å². The molecule has 24 heavy (non-hydrogen) atoms. The fourth-order valence-corrected chi connectivity index (χ4v) is 3.38. The second-order valence-electron chi connectivity index (χ2n) is 6.27. The van der Waals surface area contributed by atoms with E-state index in [1.165, 1.54) is 18.2 Å². The van der Waals surface area contributed by atoms with Gasteiger partial charge >= 0.3 is 0 Å². The number of carbonyl (C=O) groups is 1. The van der Waals surface area contributed by atoms with Crippen LogP contribution in [0.3, 0.4) is 0 Å². The molecule has 1 amide bonds. The number of hydrogen-bond donors (Lipinski definition) is 1. The minimum absolute atomic E-state index is 0.00687. The van der Waals surface area contributed by atoms with Gasteiger partial charge < -0.3 is 14.6 Å². The molecule has 1 aromatic carbocycles. The van der Waals surface area contributed by atoms with Gasteiger partial charge in [0, 0.05) is 5.56 Å². The van der Waals surface area contributed by atoms with Crippen molar-refractivity contribution in [3.63, 3.8) is 0 Å². The molecule has 2 aliphatic rings. The summed E-state index contributed by atoms with van der Waals surface area (Å²) in [5.74, 6) is -1.80. The normalized spacial score (nSPS) is 18.6. The summed E-state index contributed by atoms with van der Waals surface area (Å²) in [5, 5.41) is 6.65. The van der Waals surface area contributed by atoms with Crippen LogP contribution < -0.4 is 5.32 Å². The van der Waals surface area contributed by atoms with Crippen molar-refractivity contribution in [1.82, 2.24) is 10.5 Å². The Labute approximate surface area is 137 Å². The number of aryl methyl sites for hydroxylation is 1. The highest BCUT2D eigenvalue weighted by atomic mass is 19.1. The first-order valence-electron chi connectivity index (χ1n) is 7.93. The van der Waals surface area contributed by atoms with Gasteiger partial charge in [0.2, 0.25) is 5.76 Å². The molecule has 1 aromatic heterocycles. The van der Waals surface area contributed by atoms with Crippen LogP contribution >= 0.6 is 0 Å². The minimum Gasteiger partial charge on any atom is -0.376 e. The van der Waals surface area contributed by atoms with E-state index in [1.807, 2.05) is 0 Å². The number of rotatable bonds is 3. The number of hydrogen-bond acceptors (Lipinski definition) is 4. The standard InChI is InChI=1S/C17H16F2N2O3/c18-11-5-3-6-12(19)14(11)17(8-23-9-17)20-16(22)15-10-4-1-2-7-13(10)21-24-15/h3,5-6H,1-2,4,7-9H2,(H,20,22). The quantitative estimate of drug-likeness (QED) is 0.937. The number of fused-ring (bicyclic) bond motifs is 1. The second kappa shape index (κ2) is 5.66. The fraction of sp³-hybridized carbons (Fsp3) is 0.412. The molecular weight excluding hydrogens is 318 g/mol. The lowest BCUT2D eigenvalue weighted by molar-refractivity contribution is -0.0769. The van der Waals surface area contributed by atoms with Crippen LogP contribution in [0.15, 0.2) is 22.7 Å². The van der Waals surface area contributed by atoms with E-state index in [1.54, 1.807) is 0 Å². The molecule has 126 valence electrons. The number of ether oxygens (including phenoxy) is 1. The highest BCUT2D eigenvalue weighted by Gasteiger charge is 2.46. The Morgan fingerprint density at radius 1 is 1.17 bits per heavy atom. The number of aromatic nitrogens is 1. The van der Waals surface area contributed by atoms with Gasteiger partial charge in [0.15, 0.2) is 0 Å². The van der Waals surface area contributed by atoms with E-state index < -0.39 is 23.1 Å². The summed E-state index contributed by atoms with van der Waals surface area (Å²) in [6.45, 7) is 0.0137. The molecule has 0 atom stereocenters. The summed E-state index contributed by atoms with van der Waals surface area (Å²) < 4.78 is 38.6. The molecule has 1 fully saturated rings. The molecule has 2 aromatic rings. The molecule has 1 aliphatic carbocycles. The van der Waals surface area contributed by atoms with Gasteiger partial charge in [0.05, 0.1) is 24.5 Å². The fourth-order valence-electron chi connectivity index (χ4n) is 3.38.